The van der Waals surface area contributed by atoms with Crippen LogP contribution in [0, 0.1) is 3.57 Å². The fourth-order valence-corrected chi connectivity index (χ4v) is 6.72. The van der Waals surface area contributed by atoms with Gasteiger partial charge < -0.3 is 0 Å². The summed E-state index contributed by atoms with van der Waals surface area (Å²) in [5.74, 6) is 0. The molecule has 0 fully saturated rings. The van der Waals surface area contributed by atoms with Crippen molar-refractivity contribution in [3.8, 4) is 22.3 Å². The number of hydrogen-bond acceptors (Lipinski definition) is 0. The lowest BCUT2D eigenvalue weighted by Crippen LogP contribution is -2.29. The molecule has 1 heteroatoms. The molecule has 0 heterocycles. The Hall–Kier alpha value is -3.69. The molecule has 5 aromatic carbocycles. The molecule has 6 rings (SSSR count). The molecule has 0 amide bonds. The van der Waals surface area contributed by atoms with Crippen LogP contribution >= 0.6 is 22.6 Å². The third kappa shape index (κ3) is 3.56. The summed E-state index contributed by atoms with van der Waals surface area (Å²) in [4.78, 5) is 0. The minimum absolute atomic E-state index is 0.455. The van der Waals surface area contributed by atoms with Crippen molar-refractivity contribution in [2.45, 2.75) is 12.3 Å². The van der Waals surface area contributed by atoms with Gasteiger partial charge in [0, 0.05) is 3.57 Å². The summed E-state index contributed by atoms with van der Waals surface area (Å²) in [6.45, 7) is 6.36. The van der Waals surface area contributed by atoms with Gasteiger partial charge in [-0.05, 0) is 90.9 Å². The van der Waals surface area contributed by atoms with Crippen molar-refractivity contribution in [2.75, 3.05) is 0 Å². The van der Waals surface area contributed by atoms with E-state index in [1.165, 1.54) is 58.9 Å². The summed E-state index contributed by atoms with van der Waals surface area (Å²) in [5, 5.41) is 2.57. The molecule has 178 valence electrons. The molecular weight excluding hydrogens is 559 g/mol. The van der Waals surface area contributed by atoms with Crippen LogP contribution in [0.3, 0.4) is 0 Å². The third-order valence-electron chi connectivity index (χ3n) is 7.56. The van der Waals surface area contributed by atoms with Crippen LogP contribution in [-0.4, -0.2) is 0 Å². The largest absolute Gasteiger partial charge is 0.0987 e. The standard InChI is InChI=1S/C36H27I/c1-3-5-14-25(4-2)36(26-15-7-6-8-16-26)32-21-12-11-19-31(32)35-30(20-13-22-33(35)36)28-23-24-34(37)29-18-10-9-17-27(28)29/h3-24H,2H2,1H3/b5-3-,25-14+. The van der Waals surface area contributed by atoms with Gasteiger partial charge in [0.05, 0.1) is 5.41 Å². The molecule has 0 saturated heterocycles. The maximum atomic E-state index is 4.30. The van der Waals surface area contributed by atoms with E-state index in [9.17, 15) is 0 Å². The van der Waals surface area contributed by atoms with Crippen LogP contribution in [0.2, 0.25) is 0 Å². The fraction of sp³-hybridized carbons (Fsp3) is 0.0556. The number of benzene rings is 5. The van der Waals surface area contributed by atoms with E-state index in [1.54, 1.807) is 0 Å². The first kappa shape index (κ1) is 23.7. The molecule has 1 aliphatic rings. The van der Waals surface area contributed by atoms with Crippen LogP contribution in [-0.2, 0) is 5.41 Å². The van der Waals surface area contributed by atoms with Gasteiger partial charge in [-0.15, -0.1) is 0 Å². The highest BCUT2D eigenvalue weighted by Crippen LogP contribution is 2.58. The van der Waals surface area contributed by atoms with Crippen molar-refractivity contribution in [1.29, 1.82) is 0 Å². The van der Waals surface area contributed by atoms with Gasteiger partial charge in [-0.2, -0.15) is 0 Å². The highest BCUT2D eigenvalue weighted by atomic mass is 127. The molecule has 0 nitrogen and oxygen atoms in total. The number of halogens is 1. The average molecular weight is 587 g/mol. The van der Waals surface area contributed by atoms with Crippen LogP contribution in [0.25, 0.3) is 33.0 Å². The van der Waals surface area contributed by atoms with E-state index in [-0.39, 0.29) is 0 Å². The van der Waals surface area contributed by atoms with E-state index in [4.69, 9.17) is 0 Å². The normalized spacial score (nSPS) is 16.6. The van der Waals surface area contributed by atoms with E-state index in [1.807, 2.05) is 6.08 Å². The van der Waals surface area contributed by atoms with Crippen molar-refractivity contribution in [1.82, 2.24) is 0 Å². The molecule has 0 N–H and O–H groups in total. The van der Waals surface area contributed by atoms with Crippen LogP contribution in [0.4, 0.5) is 0 Å². The molecule has 0 spiro atoms. The van der Waals surface area contributed by atoms with Crippen LogP contribution in [0.1, 0.15) is 23.6 Å². The summed E-state index contributed by atoms with van der Waals surface area (Å²) in [6.07, 6.45) is 8.46. The smallest absolute Gasteiger partial charge is 0.0713 e. The van der Waals surface area contributed by atoms with Gasteiger partial charge in [0.1, 0.15) is 0 Å². The molecule has 0 saturated carbocycles. The Morgan fingerprint density at radius 3 is 2.14 bits per heavy atom. The van der Waals surface area contributed by atoms with Crippen molar-refractivity contribution in [3.63, 3.8) is 0 Å². The Kier molecular flexibility index (Phi) is 6.18. The fourth-order valence-electron chi connectivity index (χ4n) is 6.07. The van der Waals surface area contributed by atoms with Gasteiger partial charge in [-0.25, -0.2) is 0 Å². The van der Waals surface area contributed by atoms with E-state index in [2.05, 4.69) is 164 Å². The highest BCUT2D eigenvalue weighted by molar-refractivity contribution is 14.1. The van der Waals surface area contributed by atoms with Gasteiger partial charge >= 0.3 is 0 Å². The zero-order valence-corrected chi connectivity index (χ0v) is 22.9. The Morgan fingerprint density at radius 2 is 1.35 bits per heavy atom. The summed E-state index contributed by atoms with van der Waals surface area (Å²) in [5.41, 5.74) is 9.70. The molecule has 1 aliphatic carbocycles. The Balaban J connectivity index is 1.78. The summed E-state index contributed by atoms with van der Waals surface area (Å²) in [6, 6.07) is 39.9. The van der Waals surface area contributed by atoms with Crippen molar-refractivity contribution >= 4 is 33.4 Å². The quantitative estimate of drug-likeness (QED) is 0.142. The van der Waals surface area contributed by atoms with Crippen molar-refractivity contribution in [2.24, 2.45) is 0 Å². The molecule has 5 aromatic rings. The molecule has 0 aromatic heterocycles. The second-order valence-electron chi connectivity index (χ2n) is 9.38. The average Bonchev–Trinajstić information content (AvgIpc) is 3.26. The van der Waals surface area contributed by atoms with Gasteiger partial charge in [0.15, 0.2) is 0 Å². The van der Waals surface area contributed by atoms with Crippen LogP contribution < -0.4 is 0 Å². The van der Waals surface area contributed by atoms with Gasteiger partial charge in [-0.3, -0.25) is 0 Å². The Bertz CT molecular complexity index is 1700. The molecule has 1 unspecified atom stereocenters. The molecule has 0 bridgehead atoms. The maximum absolute atomic E-state index is 4.30. The SMILES string of the molecule is C=C/C(=C\C=C/C)C1(c2ccccc2)c2ccccc2-c2c(-c3ccc(I)c4ccccc34)cccc21. The zero-order valence-electron chi connectivity index (χ0n) is 20.8. The first-order chi connectivity index (χ1) is 18.2. The van der Waals surface area contributed by atoms with Crippen LogP contribution in [0.15, 0.2) is 146 Å². The lowest BCUT2D eigenvalue weighted by Gasteiger charge is -2.34. The van der Waals surface area contributed by atoms with E-state index in [0.717, 1.165) is 0 Å². The van der Waals surface area contributed by atoms with Gasteiger partial charge in [-0.1, -0.05) is 134 Å². The van der Waals surface area contributed by atoms with E-state index >= 15 is 0 Å². The zero-order chi connectivity index (χ0) is 25.4. The number of fused-ring (bicyclic) bond motifs is 4. The maximum Gasteiger partial charge on any atom is 0.0713 e. The predicted molar refractivity (Wildman–Crippen MR) is 167 cm³/mol. The number of hydrogen-bond donors (Lipinski definition) is 0. The topological polar surface area (TPSA) is 0 Å². The summed E-state index contributed by atoms with van der Waals surface area (Å²) < 4.78 is 1.27. The minimum Gasteiger partial charge on any atom is -0.0987 e. The molecule has 0 aliphatic heterocycles. The van der Waals surface area contributed by atoms with Gasteiger partial charge in [0.2, 0.25) is 0 Å². The Morgan fingerprint density at radius 1 is 0.676 bits per heavy atom. The first-order valence-electron chi connectivity index (χ1n) is 12.6. The minimum atomic E-state index is -0.455. The Labute approximate surface area is 232 Å². The van der Waals surface area contributed by atoms with Gasteiger partial charge in [0.25, 0.3) is 0 Å². The molecule has 0 radical (unpaired) electrons. The number of rotatable bonds is 5. The first-order valence-corrected chi connectivity index (χ1v) is 13.7. The summed E-state index contributed by atoms with van der Waals surface area (Å²) in [7, 11) is 0. The van der Waals surface area contributed by atoms with E-state index in [0.29, 0.717) is 0 Å². The molecule has 1 atom stereocenters. The monoisotopic (exact) mass is 586 g/mol. The van der Waals surface area contributed by atoms with E-state index < -0.39 is 5.41 Å². The third-order valence-corrected chi connectivity index (χ3v) is 8.50. The van der Waals surface area contributed by atoms with Crippen molar-refractivity contribution in [3.05, 3.63) is 166 Å². The van der Waals surface area contributed by atoms with Crippen LogP contribution in [0.5, 0.6) is 0 Å². The predicted octanol–water partition coefficient (Wildman–Crippen LogP) is 10.1. The second kappa shape index (κ2) is 9.64. The molecular formula is C36H27I. The lowest BCUT2D eigenvalue weighted by atomic mass is 9.67. The lowest BCUT2D eigenvalue weighted by molar-refractivity contribution is 0.767. The second-order valence-corrected chi connectivity index (χ2v) is 10.5. The number of allylic oxidation sites excluding steroid dienone is 5. The van der Waals surface area contributed by atoms with Crippen molar-refractivity contribution < 1.29 is 0 Å². The summed E-state index contributed by atoms with van der Waals surface area (Å²) >= 11 is 2.45. The molecule has 37 heavy (non-hydrogen) atoms. The highest BCUT2D eigenvalue weighted by Gasteiger charge is 2.47.